The number of amides is 1. The molecule has 2 rings (SSSR count). The van der Waals surface area contributed by atoms with E-state index < -0.39 is 0 Å². The molecule has 0 radical (unpaired) electrons. The molecule has 5 nitrogen and oxygen atoms in total. The van der Waals surface area contributed by atoms with Gasteiger partial charge in [-0.2, -0.15) is 0 Å². The molecule has 1 aromatic rings. The molecule has 0 bridgehead atoms. The molecule has 1 saturated heterocycles. The first-order valence-corrected chi connectivity index (χ1v) is 8.01. The summed E-state index contributed by atoms with van der Waals surface area (Å²) in [6.45, 7) is 6.10. The molecule has 0 aromatic heterocycles. The molecule has 1 heterocycles. The predicted octanol–water partition coefficient (Wildman–Crippen LogP) is 3.17. The molecule has 23 heavy (non-hydrogen) atoms. The van der Waals surface area contributed by atoms with Crippen LogP contribution in [0, 0.1) is 0 Å². The standard InChI is InChI=1S/C17H26N4O.HI/c1-13(2)14-7-6-8-15(11-14)20-17(18)19-12-16(22)21-9-4-3-5-10-21;/h6-8,11,13H,3-5,9-10,12H2,1-2H3,(H3,18,19,20);1H. The van der Waals surface area contributed by atoms with Gasteiger partial charge in [0.1, 0.15) is 6.54 Å². The summed E-state index contributed by atoms with van der Waals surface area (Å²) in [7, 11) is 0. The van der Waals surface area contributed by atoms with Crippen LogP contribution in [0.3, 0.4) is 0 Å². The third kappa shape index (κ3) is 6.37. The first-order valence-electron chi connectivity index (χ1n) is 8.01. The van der Waals surface area contributed by atoms with Crippen molar-refractivity contribution < 1.29 is 4.79 Å². The van der Waals surface area contributed by atoms with Gasteiger partial charge < -0.3 is 16.0 Å². The van der Waals surface area contributed by atoms with Crippen molar-refractivity contribution in [2.75, 3.05) is 25.0 Å². The van der Waals surface area contributed by atoms with Gasteiger partial charge in [0.2, 0.25) is 5.91 Å². The third-order valence-corrected chi connectivity index (χ3v) is 3.92. The average molecular weight is 430 g/mol. The van der Waals surface area contributed by atoms with Crippen LogP contribution in [0.25, 0.3) is 0 Å². The summed E-state index contributed by atoms with van der Waals surface area (Å²) in [5, 5.41) is 3.05. The Morgan fingerprint density at radius 3 is 2.65 bits per heavy atom. The van der Waals surface area contributed by atoms with E-state index in [9.17, 15) is 4.79 Å². The maximum absolute atomic E-state index is 12.0. The Morgan fingerprint density at radius 2 is 2.00 bits per heavy atom. The molecule has 1 aromatic carbocycles. The second kappa shape index (κ2) is 9.75. The molecule has 1 amide bonds. The van der Waals surface area contributed by atoms with Crippen molar-refractivity contribution in [3.63, 3.8) is 0 Å². The highest BCUT2D eigenvalue weighted by molar-refractivity contribution is 14.0. The molecule has 3 N–H and O–H groups in total. The summed E-state index contributed by atoms with van der Waals surface area (Å²) < 4.78 is 0. The summed E-state index contributed by atoms with van der Waals surface area (Å²) in [6, 6.07) is 8.08. The Labute approximate surface area is 155 Å². The van der Waals surface area contributed by atoms with Gasteiger partial charge in [-0.15, -0.1) is 24.0 Å². The number of likely N-dealkylation sites (tertiary alicyclic amines) is 1. The van der Waals surface area contributed by atoms with Crippen LogP contribution >= 0.6 is 24.0 Å². The Bertz CT molecular complexity index is 539. The van der Waals surface area contributed by atoms with Gasteiger partial charge in [0.05, 0.1) is 0 Å². The lowest BCUT2D eigenvalue weighted by Crippen LogP contribution is -2.37. The Balaban J connectivity index is 0.00000264. The number of benzene rings is 1. The molecule has 0 atom stereocenters. The van der Waals surface area contributed by atoms with Crippen LogP contribution in [0.15, 0.2) is 29.3 Å². The van der Waals surface area contributed by atoms with Crippen molar-refractivity contribution in [2.24, 2.45) is 10.7 Å². The molecule has 1 aliphatic heterocycles. The number of piperidine rings is 1. The second-order valence-electron chi connectivity index (χ2n) is 6.05. The highest BCUT2D eigenvalue weighted by Gasteiger charge is 2.15. The number of carbonyl (C=O) groups is 1. The summed E-state index contributed by atoms with van der Waals surface area (Å²) in [6.07, 6.45) is 3.39. The van der Waals surface area contributed by atoms with E-state index in [1.54, 1.807) is 0 Å². The molecule has 0 saturated carbocycles. The zero-order chi connectivity index (χ0) is 15.9. The lowest BCUT2D eigenvalue weighted by Gasteiger charge is -2.26. The normalized spacial score (nSPS) is 15.3. The molecule has 6 heteroatoms. The summed E-state index contributed by atoms with van der Waals surface area (Å²) in [5.41, 5.74) is 8.02. The fourth-order valence-electron chi connectivity index (χ4n) is 2.56. The van der Waals surface area contributed by atoms with Gasteiger partial charge in [-0.25, -0.2) is 4.99 Å². The molecule has 1 aliphatic rings. The molecule has 128 valence electrons. The number of hydrogen-bond donors (Lipinski definition) is 2. The van der Waals surface area contributed by atoms with Crippen LogP contribution in [-0.4, -0.2) is 36.4 Å². The highest BCUT2D eigenvalue weighted by Crippen LogP contribution is 2.18. The zero-order valence-corrected chi connectivity index (χ0v) is 16.2. The Kier molecular flexibility index (Phi) is 8.36. The Morgan fingerprint density at radius 1 is 1.30 bits per heavy atom. The topological polar surface area (TPSA) is 70.7 Å². The fourth-order valence-corrected chi connectivity index (χ4v) is 2.56. The summed E-state index contributed by atoms with van der Waals surface area (Å²) in [5.74, 6) is 0.798. The number of nitrogens with one attached hydrogen (secondary N) is 1. The number of nitrogens with zero attached hydrogens (tertiary/aromatic N) is 2. The molecular weight excluding hydrogens is 403 g/mol. The van der Waals surface area contributed by atoms with E-state index in [0.29, 0.717) is 5.92 Å². The van der Waals surface area contributed by atoms with Crippen LogP contribution in [0.4, 0.5) is 5.69 Å². The maximum atomic E-state index is 12.0. The zero-order valence-electron chi connectivity index (χ0n) is 13.9. The third-order valence-electron chi connectivity index (χ3n) is 3.92. The van der Waals surface area contributed by atoms with Crippen LogP contribution in [0.2, 0.25) is 0 Å². The number of carbonyl (C=O) groups excluding carboxylic acids is 1. The average Bonchev–Trinajstić information content (AvgIpc) is 2.53. The van der Waals surface area contributed by atoms with Crippen molar-refractivity contribution in [2.45, 2.75) is 39.0 Å². The van der Waals surface area contributed by atoms with Crippen LogP contribution in [0.1, 0.15) is 44.6 Å². The number of guanidine groups is 1. The van der Waals surface area contributed by atoms with E-state index in [1.165, 1.54) is 12.0 Å². The van der Waals surface area contributed by atoms with Crippen molar-refractivity contribution >= 4 is 41.5 Å². The van der Waals surface area contributed by atoms with Crippen molar-refractivity contribution in [3.8, 4) is 0 Å². The minimum Gasteiger partial charge on any atom is -0.370 e. The molecule has 0 spiro atoms. The van der Waals surface area contributed by atoms with E-state index in [1.807, 2.05) is 17.0 Å². The van der Waals surface area contributed by atoms with E-state index in [-0.39, 0.29) is 42.4 Å². The second-order valence-corrected chi connectivity index (χ2v) is 6.05. The largest absolute Gasteiger partial charge is 0.370 e. The number of hydrogen-bond acceptors (Lipinski definition) is 2. The number of aliphatic imine (C=N–C) groups is 1. The van der Waals surface area contributed by atoms with Crippen LogP contribution < -0.4 is 11.1 Å². The predicted molar refractivity (Wildman–Crippen MR) is 106 cm³/mol. The first-order chi connectivity index (χ1) is 10.6. The Hall–Kier alpha value is -1.31. The fraction of sp³-hybridized carbons (Fsp3) is 0.529. The van der Waals surface area contributed by atoms with Gasteiger partial charge in [0.25, 0.3) is 0 Å². The van der Waals surface area contributed by atoms with Gasteiger partial charge >= 0.3 is 0 Å². The van der Waals surface area contributed by atoms with Gasteiger partial charge in [0, 0.05) is 18.8 Å². The molecule has 1 fully saturated rings. The van der Waals surface area contributed by atoms with Gasteiger partial charge in [-0.1, -0.05) is 26.0 Å². The van der Waals surface area contributed by atoms with Crippen molar-refractivity contribution in [1.82, 2.24) is 4.90 Å². The monoisotopic (exact) mass is 430 g/mol. The smallest absolute Gasteiger partial charge is 0.244 e. The summed E-state index contributed by atoms with van der Waals surface area (Å²) in [4.78, 5) is 18.1. The number of rotatable bonds is 4. The van der Waals surface area contributed by atoms with Gasteiger partial charge in [-0.05, 0) is 42.9 Å². The number of anilines is 1. The van der Waals surface area contributed by atoms with E-state index >= 15 is 0 Å². The van der Waals surface area contributed by atoms with E-state index in [4.69, 9.17) is 5.73 Å². The number of nitrogens with two attached hydrogens (primary N) is 1. The lowest BCUT2D eigenvalue weighted by molar-refractivity contribution is -0.130. The molecule has 0 unspecified atom stereocenters. The number of halogens is 1. The maximum Gasteiger partial charge on any atom is 0.244 e. The lowest BCUT2D eigenvalue weighted by atomic mass is 10.0. The minimum atomic E-state index is 0. The summed E-state index contributed by atoms with van der Waals surface area (Å²) >= 11 is 0. The minimum absolute atomic E-state index is 0. The van der Waals surface area contributed by atoms with Gasteiger partial charge in [-0.3, -0.25) is 4.79 Å². The van der Waals surface area contributed by atoms with Gasteiger partial charge in [0.15, 0.2) is 5.96 Å². The highest BCUT2D eigenvalue weighted by atomic mass is 127. The van der Waals surface area contributed by atoms with Crippen LogP contribution in [0.5, 0.6) is 0 Å². The van der Waals surface area contributed by atoms with E-state index in [0.717, 1.165) is 31.6 Å². The van der Waals surface area contributed by atoms with Crippen molar-refractivity contribution in [1.29, 1.82) is 0 Å². The first kappa shape index (κ1) is 19.7. The van der Waals surface area contributed by atoms with Crippen LogP contribution in [-0.2, 0) is 4.79 Å². The molecule has 0 aliphatic carbocycles. The SMILES string of the molecule is CC(C)c1cccc(NC(N)=NCC(=O)N2CCCCC2)c1.I. The van der Waals surface area contributed by atoms with Crippen molar-refractivity contribution in [3.05, 3.63) is 29.8 Å². The van der Waals surface area contributed by atoms with E-state index in [2.05, 4.69) is 36.3 Å². The molecular formula is C17H27IN4O. The quantitative estimate of drug-likeness (QED) is 0.438.